The minimum absolute atomic E-state index is 0.0322. The molecule has 1 N–H and O–H groups in total. The van der Waals surface area contributed by atoms with Crippen molar-refractivity contribution in [2.75, 3.05) is 10.8 Å². The summed E-state index contributed by atoms with van der Waals surface area (Å²) in [6.07, 6.45) is 0.720. The number of halogens is 2. The molecular weight excluding hydrogens is 557 g/mol. The average molecular weight is 591 g/mol. The molecule has 10 heteroatoms. The van der Waals surface area contributed by atoms with Gasteiger partial charge in [-0.15, -0.1) is 0 Å². The van der Waals surface area contributed by atoms with Crippen LogP contribution < -0.4 is 9.62 Å². The number of amides is 2. The molecule has 0 unspecified atom stereocenters. The van der Waals surface area contributed by atoms with Crippen LogP contribution >= 0.6 is 23.2 Å². The third-order valence-corrected chi connectivity index (χ3v) is 8.65. The Morgan fingerprint density at radius 2 is 1.54 bits per heavy atom. The van der Waals surface area contributed by atoms with Gasteiger partial charge in [0.2, 0.25) is 11.8 Å². The number of hydrogen-bond donors (Lipinski definition) is 1. The van der Waals surface area contributed by atoms with Crippen LogP contribution in [0, 0.1) is 6.92 Å². The number of sulfonamides is 1. The van der Waals surface area contributed by atoms with Gasteiger partial charge in [-0.3, -0.25) is 13.9 Å². The fraction of sp³-hybridized carbons (Fsp3) is 0.310. The molecule has 0 aromatic heterocycles. The van der Waals surface area contributed by atoms with Crippen LogP contribution in [0.2, 0.25) is 10.0 Å². The minimum atomic E-state index is -4.16. The van der Waals surface area contributed by atoms with Gasteiger partial charge in [0.25, 0.3) is 10.0 Å². The van der Waals surface area contributed by atoms with E-state index < -0.39 is 28.5 Å². The molecule has 0 spiro atoms. The Labute approximate surface area is 240 Å². The molecule has 0 saturated heterocycles. The van der Waals surface area contributed by atoms with E-state index in [1.54, 1.807) is 61.5 Å². The molecule has 0 radical (unpaired) electrons. The summed E-state index contributed by atoms with van der Waals surface area (Å²) in [6.45, 7) is 6.82. The third-order valence-electron chi connectivity index (χ3n) is 6.39. The van der Waals surface area contributed by atoms with Gasteiger partial charge in [-0.25, -0.2) is 8.42 Å². The van der Waals surface area contributed by atoms with Gasteiger partial charge in [-0.2, -0.15) is 0 Å². The van der Waals surface area contributed by atoms with E-state index in [1.807, 2.05) is 20.8 Å². The minimum Gasteiger partial charge on any atom is -0.352 e. The molecular formula is C29H33Cl2N3O4S. The molecule has 7 nitrogen and oxygen atoms in total. The van der Waals surface area contributed by atoms with E-state index in [4.69, 9.17) is 23.2 Å². The van der Waals surface area contributed by atoms with Gasteiger partial charge < -0.3 is 10.2 Å². The standard InChI is InChI=1S/C29H33Cl2N3O4S/c1-5-21(3)32-29(36)22(4)33(18-23-8-6-9-24(30)16-23)28(35)19-34(26-11-7-10-25(31)17-26)39(37,38)27-14-12-20(2)13-15-27/h6-17,21-22H,5,18-19H2,1-4H3,(H,32,36)/t21-,22-/m1/s1. The maximum absolute atomic E-state index is 13.9. The van der Waals surface area contributed by atoms with E-state index in [-0.39, 0.29) is 29.1 Å². The molecule has 3 aromatic carbocycles. The number of hydrogen-bond acceptors (Lipinski definition) is 4. The first-order valence-electron chi connectivity index (χ1n) is 12.6. The molecule has 0 aliphatic carbocycles. The summed E-state index contributed by atoms with van der Waals surface area (Å²) in [7, 11) is -4.16. The molecule has 39 heavy (non-hydrogen) atoms. The first kappa shape index (κ1) is 30.5. The van der Waals surface area contributed by atoms with Gasteiger partial charge in [0.15, 0.2) is 0 Å². The largest absolute Gasteiger partial charge is 0.352 e. The van der Waals surface area contributed by atoms with E-state index >= 15 is 0 Å². The van der Waals surface area contributed by atoms with Crippen molar-refractivity contribution in [3.8, 4) is 0 Å². The fourth-order valence-electron chi connectivity index (χ4n) is 3.88. The highest BCUT2D eigenvalue weighted by molar-refractivity contribution is 7.92. The Balaban J connectivity index is 2.03. The van der Waals surface area contributed by atoms with Gasteiger partial charge in [-0.05, 0) is 75.2 Å². The number of carbonyl (C=O) groups excluding carboxylic acids is 2. The summed E-state index contributed by atoms with van der Waals surface area (Å²) in [5.74, 6) is -0.895. The summed E-state index contributed by atoms with van der Waals surface area (Å²) in [5, 5.41) is 3.71. The van der Waals surface area contributed by atoms with E-state index in [2.05, 4.69) is 5.32 Å². The van der Waals surface area contributed by atoms with Crippen molar-refractivity contribution in [2.24, 2.45) is 0 Å². The Morgan fingerprint density at radius 3 is 2.13 bits per heavy atom. The van der Waals surface area contributed by atoms with Crippen molar-refractivity contribution in [3.63, 3.8) is 0 Å². The highest BCUT2D eigenvalue weighted by Crippen LogP contribution is 2.27. The number of rotatable bonds is 11. The van der Waals surface area contributed by atoms with Crippen LogP contribution in [0.4, 0.5) is 5.69 Å². The molecule has 2 amide bonds. The highest BCUT2D eigenvalue weighted by atomic mass is 35.5. The van der Waals surface area contributed by atoms with Crippen LogP contribution in [0.1, 0.15) is 38.3 Å². The Kier molecular flexibility index (Phi) is 10.4. The van der Waals surface area contributed by atoms with E-state index in [0.29, 0.717) is 15.6 Å². The van der Waals surface area contributed by atoms with E-state index in [0.717, 1.165) is 16.3 Å². The summed E-state index contributed by atoms with van der Waals surface area (Å²) < 4.78 is 28.7. The molecule has 0 fully saturated rings. The lowest BCUT2D eigenvalue weighted by molar-refractivity contribution is -0.139. The van der Waals surface area contributed by atoms with E-state index in [1.165, 1.54) is 23.1 Å². The zero-order chi connectivity index (χ0) is 28.7. The molecule has 3 aromatic rings. The average Bonchev–Trinajstić information content (AvgIpc) is 2.89. The van der Waals surface area contributed by atoms with Crippen LogP contribution in [0.5, 0.6) is 0 Å². The molecule has 0 aliphatic rings. The smallest absolute Gasteiger partial charge is 0.264 e. The Bertz CT molecular complexity index is 1410. The summed E-state index contributed by atoms with van der Waals surface area (Å²) >= 11 is 12.4. The Hall–Kier alpha value is -3.07. The molecule has 0 bridgehead atoms. The first-order valence-corrected chi connectivity index (χ1v) is 14.8. The molecule has 0 heterocycles. The van der Waals surface area contributed by atoms with Crippen LogP contribution in [0.3, 0.4) is 0 Å². The second-order valence-electron chi connectivity index (χ2n) is 9.45. The zero-order valence-electron chi connectivity index (χ0n) is 22.4. The van der Waals surface area contributed by atoms with E-state index in [9.17, 15) is 18.0 Å². The van der Waals surface area contributed by atoms with Crippen molar-refractivity contribution < 1.29 is 18.0 Å². The maximum Gasteiger partial charge on any atom is 0.264 e. The Morgan fingerprint density at radius 1 is 0.923 bits per heavy atom. The number of nitrogens with zero attached hydrogens (tertiary/aromatic N) is 2. The van der Waals surface area contributed by atoms with Crippen molar-refractivity contribution in [3.05, 3.63) is 94.0 Å². The molecule has 208 valence electrons. The lowest BCUT2D eigenvalue weighted by Crippen LogP contribution is -2.52. The van der Waals surface area contributed by atoms with Crippen molar-refractivity contribution in [1.29, 1.82) is 0 Å². The van der Waals surface area contributed by atoms with Crippen LogP contribution in [-0.4, -0.2) is 43.8 Å². The van der Waals surface area contributed by atoms with Crippen molar-refractivity contribution in [1.82, 2.24) is 10.2 Å². The SMILES string of the molecule is CC[C@@H](C)NC(=O)[C@@H](C)N(Cc1cccc(Cl)c1)C(=O)CN(c1cccc(Cl)c1)S(=O)(=O)c1ccc(C)cc1. The summed E-state index contributed by atoms with van der Waals surface area (Å²) in [5.41, 5.74) is 1.83. The second-order valence-corrected chi connectivity index (χ2v) is 12.2. The predicted molar refractivity (Wildman–Crippen MR) is 157 cm³/mol. The number of aryl methyl sites for hydroxylation is 1. The molecule has 0 saturated carbocycles. The third kappa shape index (κ3) is 7.97. The topological polar surface area (TPSA) is 86.8 Å². The lowest BCUT2D eigenvalue weighted by Gasteiger charge is -2.32. The van der Waals surface area contributed by atoms with Crippen LogP contribution in [0.15, 0.2) is 77.7 Å². The molecule has 2 atom stereocenters. The highest BCUT2D eigenvalue weighted by Gasteiger charge is 2.33. The molecule has 0 aliphatic heterocycles. The van der Waals surface area contributed by atoms with Crippen molar-refractivity contribution in [2.45, 2.75) is 57.6 Å². The van der Waals surface area contributed by atoms with Gasteiger partial charge in [0, 0.05) is 22.6 Å². The predicted octanol–water partition coefficient (Wildman–Crippen LogP) is 5.83. The fourth-order valence-corrected chi connectivity index (χ4v) is 5.68. The van der Waals surface area contributed by atoms with Crippen LogP contribution in [-0.2, 0) is 26.2 Å². The maximum atomic E-state index is 13.9. The molecule has 3 rings (SSSR count). The first-order chi connectivity index (χ1) is 18.4. The second kappa shape index (κ2) is 13.3. The summed E-state index contributed by atoms with van der Waals surface area (Å²) in [6, 6.07) is 18.7. The van der Waals surface area contributed by atoms with Crippen molar-refractivity contribution >= 4 is 50.7 Å². The van der Waals surface area contributed by atoms with Gasteiger partial charge in [0.05, 0.1) is 10.6 Å². The van der Waals surface area contributed by atoms with Gasteiger partial charge in [0.1, 0.15) is 12.6 Å². The number of anilines is 1. The summed E-state index contributed by atoms with van der Waals surface area (Å²) in [4.78, 5) is 28.4. The number of carbonyl (C=O) groups is 2. The normalized spacial score (nSPS) is 12.9. The van der Waals surface area contributed by atoms with Gasteiger partial charge >= 0.3 is 0 Å². The lowest BCUT2D eigenvalue weighted by atomic mass is 10.1. The number of nitrogens with one attached hydrogen (secondary N) is 1. The quantitative estimate of drug-likeness (QED) is 0.305. The zero-order valence-corrected chi connectivity index (χ0v) is 24.7. The van der Waals surface area contributed by atoms with Crippen LogP contribution in [0.25, 0.3) is 0 Å². The van der Waals surface area contributed by atoms with Gasteiger partial charge in [-0.1, -0.05) is 66.0 Å². The number of benzene rings is 3. The monoisotopic (exact) mass is 589 g/mol.